The Morgan fingerprint density at radius 3 is 2.44 bits per heavy atom. The predicted octanol–water partition coefficient (Wildman–Crippen LogP) is 3.73. The summed E-state index contributed by atoms with van der Waals surface area (Å²) in [6, 6.07) is 10.7. The Morgan fingerprint density at radius 1 is 1.16 bits per heavy atom. The van der Waals surface area contributed by atoms with Crippen molar-refractivity contribution in [3.63, 3.8) is 0 Å². The predicted molar refractivity (Wildman–Crippen MR) is 96.8 cm³/mol. The van der Waals surface area contributed by atoms with Crippen LogP contribution < -0.4 is 0 Å². The van der Waals surface area contributed by atoms with E-state index in [9.17, 15) is 10.1 Å². The van der Waals surface area contributed by atoms with Crippen molar-refractivity contribution >= 4 is 17.7 Å². The summed E-state index contributed by atoms with van der Waals surface area (Å²) in [5.74, 6) is 0. The second kappa shape index (κ2) is 7.63. The van der Waals surface area contributed by atoms with Gasteiger partial charge in [0.1, 0.15) is 0 Å². The lowest BCUT2D eigenvalue weighted by Crippen LogP contribution is -2.44. The van der Waals surface area contributed by atoms with Gasteiger partial charge in [0.2, 0.25) is 0 Å². The molecule has 1 aliphatic carbocycles. The number of carbonyl (C=O) groups is 1. The van der Waals surface area contributed by atoms with Gasteiger partial charge in [0.25, 0.3) is 0 Å². The molecule has 0 bridgehead atoms. The summed E-state index contributed by atoms with van der Waals surface area (Å²) < 4.78 is 0. The Hall–Kier alpha value is -1.77. The summed E-state index contributed by atoms with van der Waals surface area (Å²) in [7, 11) is 0. The number of carboxylic acid groups (broad SMARTS) is 1. The summed E-state index contributed by atoms with van der Waals surface area (Å²) in [5, 5.41) is 19.7. The van der Waals surface area contributed by atoms with Crippen LogP contribution in [0.1, 0.15) is 37.7 Å². The number of rotatable bonds is 2. The molecule has 0 spiro atoms. The zero-order chi connectivity index (χ0) is 17.9. The van der Waals surface area contributed by atoms with Crippen LogP contribution in [0.4, 0.5) is 4.79 Å². The molecule has 0 radical (unpaired) electrons. The van der Waals surface area contributed by atoms with E-state index in [1.165, 1.54) is 4.90 Å². The Morgan fingerprint density at radius 2 is 1.84 bits per heavy atom. The summed E-state index contributed by atoms with van der Waals surface area (Å²) >= 11 is 5.98. The van der Waals surface area contributed by atoms with Gasteiger partial charge in [0, 0.05) is 37.2 Å². The molecule has 0 unspecified atom stereocenters. The molecule has 1 aromatic carbocycles. The molecule has 2 aliphatic rings. The van der Waals surface area contributed by atoms with Gasteiger partial charge in [-0.05, 0) is 49.8 Å². The number of hydrogen-bond acceptors (Lipinski definition) is 3. The van der Waals surface area contributed by atoms with Gasteiger partial charge < -0.3 is 10.0 Å². The zero-order valence-electron chi connectivity index (χ0n) is 14.3. The number of benzene rings is 1. The van der Waals surface area contributed by atoms with Crippen molar-refractivity contribution in [1.29, 1.82) is 5.26 Å². The van der Waals surface area contributed by atoms with Gasteiger partial charge in [-0.25, -0.2) is 4.79 Å². The maximum absolute atomic E-state index is 11.2. The second-order valence-electron chi connectivity index (χ2n) is 7.09. The number of hydrogen-bond donors (Lipinski definition) is 1. The Bertz CT molecular complexity index is 648. The molecule has 1 aliphatic heterocycles. The fourth-order valence-electron chi connectivity index (χ4n) is 4.19. The second-order valence-corrected chi connectivity index (χ2v) is 7.53. The maximum atomic E-state index is 11.2. The largest absolute Gasteiger partial charge is 0.465 e. The molecule has 0 atom stereocenters. The molecule has 1 aromatic rings. The van der Waals surface area contributed by atoms with Crippen LogP contribution >= 0.6 is 11.6 Å². The lowest BCUT2D eigenvalue weighted by Gasteiger charge is -2.40. The minimum Gasteiger partial charge on any atom is -0.465 e. The summed E-state index contributed by atoms with van der Waals surface area (Å²) in [5.41, 5.74) is 0.644. The number of amides is 1. The molecule has 6 heteroatoms. The van der Waals surface area contributed by atoms with Crippen molar-refractivity contribution in [2.45, 2.75) is 43.6 Å². The van der Waals surface area contributed by atoms with Gasteiger partial charge in [-0.2, -0.15) is 5.26 Å². The molecule has 1 N–H and O–H groups in total. The maximum Gasteiger partial charge on any atom is 0.407 e. The zero-order valence-corrected chi connectivity index (χ0v) is 15.1. The third-order valence-electron chi connectivity index (χ3n) is 5.74. The number of nitrogens with zero attached hydrogens (tertiary/aromatic N) is 3. The average molecular weight is 362 g/mol. The van der Waals surface area contributed by atoms with E-state index in [4.69, 9.17) is 16.7 Å². The van der Waals surface area contributed by atoms with Gasteiger partial charge in [-0.3, -0.25) is 4.90 Å². The molecular formula is C19H24ClN3O2. The summed E-state index contributed by atoms with van der Waals surface area (Å²) in [4.78, 5) is 15.1. The molecule has 1 amide bonds. The highest BCUT2D eigenvalue weighted by Crippen LogP contribution is 2.40. The van der Waals surface area contributed by atoms with E-state index in [-0.39, 0.29) is 0 Å². The summed E-state index contributed by atoms with van der Waals surface area (Å²) in [6.07, 6.45) is 3.69. The Balaban J connectivity index is 1.63. The van der Waals surface area contributed by atoms with Crippen molar-refractivity contribution < 1.29 is 9.90 Å². The van der Waals surface area contributed by atoms with Crippen LogP contribution in [-0.2, 0) is 5.41 Å². The number of nitriles is 1. The highest BCUT2D eigenvalue weighted by Gasteiger charge is 2.39. The van der Waals surface area contributed by atoms with E-state index in [2.05, 4.69) is 11.0 Å². The Kier molecular flexibility index (Phi) is 5.51. The van der Waals surface area contributed by atoms with Crippen molar-refractivity contribution in [3.05, 3.63) is 34.9 Å². The lowest BCUT2D eigenvalue weighted by atomic mass is 9.69. The highest BCUT2D eigenvalue weighted by molar-refractivity contribution is 6.30. The lowest BCUT2D eigenvalue weighted by molar-refractivity contribution is 0.131. The van der Waals surface area contributed by atoms with Crippen molar-refractivity contribution in [1.82, 2.24) is 9.80 Å². The molecule has 5 nitrogen and oxygen atoms in total. The molecule has 1 saturated carbocycles. The van der Waals surface area contributed by atoms with Gasteiger partial charge in [-0.1, -0.05) is 23.7 Å². The van der Waals surface area contributed by atoms with Crippen molar-refractivity contribution in [2.75, 3.05) is 26.2 Å². The average Bonchev–Trinajstić information content (AvgIpc) is 2.89. The smallest absolute Gasteiger partial charge is 0.407 e. The monoisotopic (exact) mass is 361 g/mol. The number of halogens is 1. The Labute approximate surface area is 153 Å². The van der Waals surface area contributed by atoms with E-state index < -0.39 is 11.5 Å². The normalized spacial score (nSPS) is 28.2. The standard InChI is InChI=1S/C19H24ClN3O2/c20-16-4-2-15(3-5-16)19(14-21)8-6-17(7-9-19)22-10-1-11-23(13-12-22)18(24)25/h2-5,17H,1,6-13H2,(H,24,25). The molecule has 3 rings (SSSR count). The molecule has 0 aromatic heterocycles. The fourth-order valence-corrected chi connectivity index (χ4v) is 4.31. The molecular weight excluding hydrogens is 338 g/mol. The van der Waals surface area contributed by atoms with Gasteiger partial charge in [-0.15, -0.1) is 0 Å². The first-order chi connectivity index (χ1) is 12.0. The molecule has 2 fully saturated rings. The van der Waals surface area contributed by atoms with Crippen LogP contribution in [0.3, 0.4) is 0 Å². The van der Waals surface area contributed by atoms with Crippen LogP contribution in [0.15, 0.2) is 24.3 Å². The first kappa shape index (κ1) is 18.0. The van der Waals surface area contributed by atoms with E-state index >= 15 is 0 Å². The van der Waals surface area contributed by atoms with Crippen LogP contribution in [0.5, 0.6) is 0 Å². The molecule has 134 valence electrons. The van der Waals surface area contributed by atoms with Gasteiger partial charge in [0.15, 0.2) is 0 Å². The highest BCUT2D eigenvalue weighted by atomic mass is 35.5. The first-order valence-corrected chi connectivity index (χ1v) is 9.31. The van der Waals surface area contributed by atoms with Crippen LogP contribution in [0, 0.1) is 11.3 Å². The first-order valence-electron chi connectivity index (χ1n) is 8.93. The molecule has 1 saturated heterocycles. The third kappa shape index (κ3) is 3.91. The SMILES string of the molecule is N#CC1(c2ccc(Cl)cc2)CCC(N2CCCN(C(=O)O)CC2)CC1. The topological polar surface area (TPSA) is 67.6 Å². The molecule has 25 heavy (non-hydrogen) atoms. The minimum atomic E-state index is -0.822. The van der Waals surface area contributed by atoms with E-state index in [0.29, 0.717) is 24.2 Å². The minimum absolute atomic E-state index is 0.417. The van der Waals surface area contributed by atoms with E-state index in [1.54, 1.807) is 0 Å². The molecule has 1 heterocycles. The van der Waals surface area contributed by atoms with E-state index in [0.717, 1.165) is 50.8 Å². The van der Waals surface area contributed by atoms with Gasteiger partial charge >= 0.3 is 6.09 Å². The van der Waals surface area contributed by atoms with Gasteiger partial charge in [0.05, 0.1) is 11.5 Å². The van der Waals surface area contributed by atoms with E-state index in [1.807, 2.05) is 24.3 Å². The van der Waals surface area contributed by atoms with Crippen molar-refractivity contribution in [2.24, 2.45) is 0 Å². The quantitative estimate of drug-likeness (QED) is 0.871. The third-order valence-corrected chi connectivity index (χ3v) is 5.99. The van der Waals surface area contributed by atoms with Crippen molar-refractivity contribution in [3.8, 4) is 6.07 Å². The van der Waals surface area contributed by atoms with Crippen LogP contribution in [0.2, 0.25) is 5.02 Å². The van der Waals surface area contributed by atoms with Crippen LogP contribution in [0.25, 0.3) is 0 Å². The fraction of sp³-hybridized carbons (Fsp3) is 0.579. The van der Waals surface area contributed by atoms with Crippen LogP contribution in [-0.4, -0.2) is 53.2 Å². The summed E-state index contributed by atoms with van der Waals surface area (Å²) in [6.45, 7) is 2.92.